The van der Waals surface area contributed by atoms with Gasteiger partial charge in [0.25, 0.3) is 0 Å². The Bertz CT molecular complexity index is 1070. The summed E-state index contributed by atoms with van der Waals surface area (Å²) in [6.45, 7) is 4.39. The van der Waals surface area contributed by atoms with Gasteiger partial charge in [0.15, 0.2) is 6.29 Å². The van der Waals surface area contributed by atoms with E-state index in [1.807, 2.05) is 6.21 Å². The molecule has 230 valence electrons. The van der Waals surface area contributed by atoms with E-state index >= 15 is 0 Å². The molecule has 2 heterocycles. The fraction of sp³-hybridized carbons (Fsp3) is 0.871. The van der Waals surface area contributed by atoms with Crippen molar-refractivity contribution < 1.29 is 44.5 Å². The number of aliphatic hydroxyl groups is 5. The highest BCUT2D eigenvalue weighted by atomic mass is 16.7. The van der Waals surface area contributed by atoms with Crippen LogP contribution in [0.2, 0.25) is 0 Å². The van der Waals surface area contributed by atoms with Crippen LogP contribution in [0.25, 0.3) is 0 Å². The summed E-state index contributed by atoms with van der Waals surface area (Å²) in [7, 11) is 0. The Morgan fingerprint density at radius 2 is 1.88 bits per heavy atom. The van der Waals surface area contributed by atoms with Gasteiger partial charge < -0.3 is 39.7 Å². The molecule has 0 bridgehead atoms. The van der Waals surface area contributed by atoms with Gasteiger partial charge in [0.05, 0.1) is 42.7 Å². The van der Waals surface area contributed by atoms with Crippen LogP contribution in [-0.2, 0) is 19.0 Å². The molecule has 41 heavy (non-hydrogen) atoms. The average molecular weight is 578 g/mol. The van der Waals surface area contributed by atoms with E-state index in [4.69, 9.17) is 14.2 Å². The zero-order chi connectivity index (χ0) is 29.2. The minimum atomic E-state index is -1.11. The van der Waals surface area contributed by atoms with Gasteiger partial charge in [0.2, 0.25) is 0 Å². The third kappa shape index (κ3) is 4.55. The number of cyclic esters (lactones) is 1. The molecule has 0 radical (unpaired) electrons. The third-order valence-electron chi connectivity index (χ3n) is 12.2. The van der Waals surface area contributed by atoms with E-state index in [2.05, 4.69) is 11.9 Å². The highest BCUT2D eigenvalue weighted by molar-refractivity contribution is 5.85. The standard InChI is InChI=1S/C31H47NO9/c1-18-27(36)24(34)14-26(40-18)41-20-3-8-29(17-32-11-12-33)22-4-7-28(2)21(19-13-25(35)39-16-19)6-10-31(28,38)23(22)5-9-30(29,37)15-20/h13,17-18,20-24,26-27,33-34,36-38H,3-12,14-16H2,1-2H3/t18-,20+,21-,22-,23+,24+,26+,27+,28+,29-,30-,31-/m0/s1. The monoisotopic (exact) mass is 577 g/mol. The van der Waals surface area contributed by atoms with Crippen LogP contribution < -0.4 is 0 Å². The molecule has 10 nitrogen and oxygen atoms in total. The number of carbonyl (C=O) groups excluding carboxylic acids is 1. The zero-order valence-corrected chi connectivity index (χ0v) is 24.3. The van der Waals surface area contributed by atoms with Crippen molar-refractivity contribution in [2.75, 3.05) is 19.8 Å². The summed E-state index contributed by atoms with van der Waals surface area (Å²) in [4.78, 5) is 16.5. The SMILES string of the molecule is C[C@@H]1O[C@H](O[C@@H]2CC[C@]3(C=NCCO)[C@H]4CC[C@]5(C)[C@H](C6=CC(=O)OC6)CC[C@]5(O)[C@@H]4CC[C@]3(O)C2)C[C@@H](O)[C@@H]1O. The molecule has 6 rings (SSSR count). The maximum absolute atomic E-state index is 12.6. The van der Waals surface area contributed by atoms with Crippen molar-refractivity contribution >= 4 is 12.2 Å². The molecule has 6 aliphatic rings. The molecule has 0 amide bonds. The normalized spacial score (nSPS) is 51.6. The van der Waals surface area contributed by atoms with Crippen LogP contribution in [0, 0.1) is 28.6 Å². The fourth-order valence-electron chi connectivity index (χ4n) is 10.1. The lowest BCUT2D eigenvalue weighted by Gasteiger charge is -2.66. The quantitative estimate of drug-likeness (QED) is 0.180. The van der Waals surface area contributed by atoms with Gasteiger partial charge in [-0.1, -0.05) is 6.92 Å². The molecule has 10 heteroatoms. The first-order chi connectivity index (χ1) is 19.5. The van der Waals surface area contributed by atoms with E-state index in [1.165, 1.54) is 0 Å². The maximum atomic E-state index is 12.6. The minimum absolute atomic E-state index is 0.0137. The Labute approximate surface area is 241 Å². The number of rotatable bonds is 6. The number of hydrogen-bond acceptors (Lipinski definition) is 10. The highest BCUT2D eigenvalue weighted by Crippen LogP contribution is 2.70. The fourth-order valence-corrected chi connectivity index (χ4v) is 10.1. The molecule has 1 saturated heterocycles. The van der Waals surface area contributed by atoms with Gasteiger partial charge in [-0.3, -0.25) is 4.99 Å². The Hall–Kier alpha value is -1.40. The van der Waals surface area contributed by atoms with Gasteiger partial charge in [-0.25, -0.2) is 4.79 Å². The summed E-state index contributed by atoms with van der Waals surface area (Å²) in [6.07, 6.45) is 6.25. The van der Waals surface area contributed by atoms with Crippen LogP contribution in [0.3, 0.4) is 0 Å². The lowest BCUT2D eigenvalue weighted by molar-refractivity contribution is -0.282. The first-order valence-corrected chi connectivity index (χ1v) is 15.6. The van der Waals surface area contributed by atoms with E-state index in [0.717, 1.165) is 24.8 Å². The number of esters is 1. The number of carbonyl (C=O) groups is 1. The lowest BCUT2D eigenvalue weighted by atomic mass is 9.41. The summed E-state index contributed by atoms with van der Waals surface area (Å²) in [6, 6.07) is 0. The first kappa shape index (κ1) is 29.7. The largest absolute Gasteiger partial charge is 0.458 e. The van der Waals surface area contributed by atoms with E-state index in [1.54, 1.807) is 13.0 Å². The minimum Gasteiger partial charge on any atom is -0.458 e. The number of aliphatic imine (C=N–C) groups is 1. The van der Waals surface area contributed by atoms with Crippen LogP contribution in [0.5, 0.6) is 0 Å². The molecule has 0 aromatic carbocycles. The first-order valence-electron chi connectivity index (χ1n) is 15.6. The van der Waals surface area contributed by atoms with Crippen LogP contribution in [-0.4, -0.2) is 99.4 Å². The third-order valence-corrected chi connectivity index (χ3v) is 12.2. The summed E-state index contributed by atoms with van der Waals surface area (Å²) in [5.41, 5.74) is -2.09. The summed E-state index contributed by atoms with van der Waals surface area (Å²) in [5, 5.41) is 54.8. The molecule has 5 N–H and O–H groups in total. The van der Waals surface area contributed by atoms with Gasteiger partial charge >= 0.3 is 5.97 Å². The van der Waals surface area contributed by atoms with Crippen LogP contribution in [0.15, 0.2) is 16.6 Å². The molecule has 5 fully saturated rings. The second-order valence-corrected chi connectivity index (χ2v) is 13.9. The number of hydrogen-bond donors (Lipinski definition) is 5. The van der Waals surface area contributed by atoms with Gasteiger partial charge in [-0.15, -0.1) is 0 Å². The molecule has 0 unspecified atom stereocenters. The number of aliphatic hydroxyl groups excluding tert-OH is 3. The van der Waals surface area contributed by atoms with Crippen molar-refractivity contribution in [1.82, 2.24) is 0 Å². The number of nitrogens with zero attached hydrogens (tertiary/aromatic N) is 1. The van der Waals surface area contributed by atoms with E-state index < -0.39 is 41.2 Å². The van der Waals surface area contributed by atoms with E-state index in [9.17, 15) is 30.3 Å². The topological polar surface area (TPSA) is 158 Å². The molecular weight excluding hydrogens is 530 g/mol. The summed E-state index contributed by atoms with van der Waals surface area (Å²) >= 11 is 0. The Kier molecular flexibility index (Phi) is 7.70. The Morgan fingerprint density at radius 3 is 2.59 bits per heavy atom. The van der Waals surface area contributed by atoms with Crippen LogP contribution >= 0.6 is 0 Å². The molecule has 12 atom stereocenters. The molecule has 0 aromatic heterocycles. The highest BCUT2D eigenvalue weighted by Gasteiger charge is 2.71. The Morgan fingerprint density at radius 1 is 1.10 bits per heavy atom. The van der Waals surface area contributed by atoms with E-state index in [0.29, 0.717) is 45.1 Å². The van der Waals surface area contributed by atoms with E-state index in [-0.39, 0.29) is 54.8 Å². The Balaban J connectivity index is 1.26. The predicted octanol–water partition coefficient (Wildman–Crippen LogP) is 1.64. The molecule has 0 spiro atoms. The van der Waals surface area contributed by atoms with Gasteiger partial charge in [0.1, 0.15) is 12.7 Å². The van der Waals surface area contributed by atoms with Gasteiger partial charge in [0, 0.05) is 36.0 Å². The number of fused-ring (bicyclic) bond motifs is 5. The second-order valence-electron chi connectivity index (χ2n) is 13.9. The second kappa shape index (κ2) is 10.6. The molecule has 4 aliphatic carbocycles. The van der Waals surface area contributed by atoms with Gasteiger partial charge in [-0.05, 0) is 81.6 Å². The summed E-state index contributed by atoms with van der Waals surface area (Å²) < 4.78 is 17.4. The van der Waals surface area contributed by atoms with Crippen LogP contribution in [0.1, 0.15) is 78.1 Å². The molecular formula is C31H47NO9. The summed E-state index contributed by atoms with van der Waals surface area (Å²) in [5.74, 6) is -0.218. The van der Waals surface area contributed by atoms with Crippen molar-refractivity contribution in [2.45, 2.75) is 120 Å². The maximum Gasteiger partial charge on any atom is 0.331 e. The average Bonchev–Trinajstić information content (AvgIpc) is 3.47. The van der Waals surface area contributed by atoms with Crippen molar-refractivity contribution in [2.24, 2.45) is 33.6 Å². The lowest BCUT2D eigenvalue weighted by Crippen LogP contribution is -2.69. The molecule has 4 saturated carbocycles. The number of ether oxygens (including phenoxy) is 3. The van der Waals surface area contributed by atoms with Crippen molar-refractivity contribution in [3.8, 4) is 0 Å². The van der Waals surface area contributed by atoms with Gasteiger partial charge in [-0.2, -0.15) is 0 Å². The smallest absolute Gasteiger partial charge is 0.331 e. The molecule has 0 aromatic rings. The van der Waals surface area contributed by atoms with Crippen molar-refractivity contribution in [3.63, 3.8) is 0 Å². The zero-order valence-electron chi connectivity index (χ0n) is 24.3. The van der Waals surface area contributed by atoms with Crippen molar-refractivity contribution in [1.29, 1.82) is 0 Å². The van der Waals surface area contributed by atoms with Crippen LogP contribution in [0.4, 0.5) is 0 Å². The van der Waals surface area contributed by atoms with Crippen molar-refractivity contribution in [3.05, 3.63) is 11.6 Å². The molecule has 2 aliphatic heterocycles. The predicted molar refractivity (Wildman–Crippen MR) is 148 cm³/mol.